The molecule has 4 heterocycles. The molecule has 0 unspecified atom stereocenters. The zero-order valence-electron chi connectivity index (χ0n) is 21.6. The number of piperidine rings is 1. The molecule has 4 N–H and O–H groups in total. The third kappa shape index (κ3) is 5.16. The predicted octanol–water partition coefficient (Wildman–Crippen LogP) is 2.67. The third-order valence-electron chi connectivity index (χ3n) is 6.42. The highest BCUT2D eigenvalue weighted by atomic mass is 19.1. The summed E-state index contributed by atoms with van der Waals surface area (Å²) < 4.78 is 18.0. The number of halogens is 1. The smallest absolute Gasteiger partial charge is 0.257 e. The fraction of sp³-hybridized carbons (Fsp3) is 0.500. The first-order valence-corrected chi connectivity index (χ1v) is 12.3. The van der Waals surface area contributed by atoms with Crippen molar-refractivity contribution >= 4 is 23.1 Å². The van der Waals surface area contributed by atoms with Crippen LogP contribution in [0.5, 0.6) is 0 Å². The molecular weight excluding hydrogens is 459 g/mol. The van der Waals surface area contributed by atoms with E-state index in [1.54, 1.807) is 9.20 Å². The molecule has 192 valence electrons. The van der Waals surface area contributed by atoms with Crippen molar-refractivity contribution in [2.24, 2.45) is 0 Å². The molecule has 1 aliphatic rings. The van der Waals surface area contributed by atoms with Gasteiger partial charge in [-0.15, -0.1) is 0 Å². The fourth-order valence-corrected chi connectivity index (χ4v) is 4.50. The molecule has 0 saturated carbocycles. The van der Waals surface area contributed by atoms with E-state index < -0.39 is 6.17 Å². The van der Waals surface area contributed by atoms with E-state index in [0.29, 0.717) is 23.6 Å². The Bertz CT molecular complexity index is 1310. The zero-order valence-corrected chi connectivity index (χ0v) is 21.6. The van der Waals surface area contributed by atoms with Gasteiger partial charge in [-0.3, -0.25) is 4.79 Å². The fourth-order valence-electron chi connectivity index (χ4n) is 4.50. The van der Waals surface area contributed by atoms with E-state index in [9.17, 15) is 9.18 Å². The van der Waals surface area contributed by atoms with E-state index in [1.807, 2.05) is 57.8 Å². The normalized spacial score (nSPS) is 18.6. The third-order valence-corrected chi connectivity index (χ3v) is 6.42. The average molecular weight is 495 g/mol. The number of aromatic nitrogens is 4. The highest BCUT2D eigenvalue weighted by molar-refractivity contribution is 5.98. The Kier molecular flexibility index (Phi) is 7.22. The van der Waals surface area contributed by atoms with Gasteiger partial charge in [0.2, 0.25) is 0 Å². The standard InChI is InChI=1S/C26H35FN8O/c1-6-17-20(9-8-13-29-25(36)18-15-30-35(24(18)28)26(2,3)4)32-34-22(17)10-7-11-23(34)31-21-12-14-33(5)16-19(21)27/h7,10-11,15,19,21,31H,6,12-14,16,28H2,1-5H3,(H,29,36)/t19-,21+/m0/s1. The number of nitrogens with zero attached hydrogens (tertiary/aromatic N) is 5. The SMILES string of the molecule is CCc1c(C#CCNC(=O)c2cnn(C(C)(C)C)c2N)nn2c(N[C@@H]3CCN(C)C[C@@H]3F)cccc12. The van der Waals surface area contributed by atoms with Crippen LogP contribution in [0.1, 0.15) is 55.7 Å². The number of pyridine rings is 1. The van der Waals surface area contributed by atoms with Crippen LogP contribution < -0.4 is 16.4 Å². The van der Waals surface area contributed by atoms with Gasteiger partial charge in [-0.25, -0.2) is 13.6 Å². The first-order chi connectivity index (χ1) is 17.1. The number of fused-ring (bicyclic) bond motifs is 1. The van der Waals surface area contributed by atoms with Crippen LogP contribution in [0.3, 0.4) is 0 Å². The second-order valence-electron chi connectivity index (χ2n) is 10.2. The molecule has 0 bridgehead atoms. The highest BCUT2D eigenvalue weighted by Crippen LogP contribution is 2.24. The van der Waals surface area contributed by atoms with Crippen molar-refractivity contribution in [3.8, 4) is 11.8 Å². The topological polar surface area (TPSA) is 106 Å². The largest absolute Gasteiger partial charge is 0.383 e. The van der Waals surface area contributed by atoms with Gasteiger partial charge in [0, 0.05) is 18.7 Å². The number of nitrogens with one attached hydrogen (secondary N) is 2. The van der Waals surface area contributed by atoms with Crippen LogP contribution in [0.15, 0.2) is 24.4 Å². The van der Waals surface area contributed by atoms with E-state index in [-0.39, 0.29) is 24.0 Å². The van der Waals surface area contributed by atoms with Crippen molar-refractivity contribution in [2.75, 3.05) is 37.7 Å². The molecule has 3 aromatic heterocycles. The molecule has 0 spiro atoms. The lowest BCUT2D eigenvalue weighted by molar-refractivity contribution is 0.0959. The molecule has 0 aromatic carbocycles. The number of hydrogen-bond donors (Lipinski definition) is 3. The van der Waals surface area contributed by atoms with Crippen LogP contribution in [0, 0.1) is 11.8 Å². The molecule has 10 heteroatoms. The van der Waals surface area contributed by atoms with Crippen LogP contribution >= 0.6 is 0 Å². The molecule has 0 aliphatic carbocycles. The summed E-state index contributed by atoms with van der Waals surface area (Å²) in [5, 5.41) is 15.1. The van der Waals surface area contributed by atoms with E-state index in [0.717, 1.165) is 36.3 Å². The average Bonchev–Trinajstić information content (AvgIpc) is 3.39. The van der Waals surface area contributed by atoms with Gasteiger partial charge in [0.25, 0.3) is 5.91 Å². The summed E-state index contributed by atoms with van der Waals surface area (Å²) in [5.41, 5.74) is 8.70. The van der Waals surface area contributed by atoms with E-state index in [4.69, 9.17) is 10.8 Å². The van der Waals surface area contributed by atoms with Gasteiger partial charge < -0.3 is 21.3 Å². The highest BCUT2D eigenvalue weighted by Gasteiger charge is 2.28. The molecule has 1 saturated heterocycles. The number of anilines is 2. The van der Waals surface area contributed by atoms with Gasteiger partial charge in [-0.05, 0) is 58.7 Å². The second-order valence-corrected chi connectivity index (χ2v) is 10.2. The molecule has 9 nitrogen and oxygen atoms in total. The lowest BCUT2D eigenvalue weighted by Crippen LogP contribution is -2.46. The first kappa shape index (κ1) is 25.5. The summed E-state index contributed by atoms with van der Waals surface area (Å²) in [6, 6.07) is 5.58. The van der Waals surface area contributed by atoms with E-state index >= 15 is 0 Å². The van der Waals surface area contributed by atoms with Gasteiger partial charge in [-0.2, -0.15) is 10.2 Å². The van der Waals surface area contributed by atoms with Gasteiger partial charge in [0.15, 0.2) is 0 Å². The van der Waals surface area contributed by atoms with Crippen molar-refractivity contribution in [1.29, 1.82) is 0 Å². The maximum Gasteiger partial charge on any atom is 0.257 e. The molecule has 1 amide bonds. The van der Waals surface area contributed by atoms with Gasteiger partial charge in [0.1, 0.15) is 29.1 Å². The predicted molar refractivity (Wildman–Crippen MR) is 140 cm³/mol. The van der Waals surface area contributed by atoms with Crippen LogP contribution in [-0.4, -0.2) is 69.1 Å². The first-order valence-electron chi connectivity index (χ1n) is 12.3. The van der Waals surface area contributed by atoms with E-state index in [2.05, 4.69) is 27.6 Å². The zero-order chi connectivity index (χ0) is 26.0. The van der Waals surface area contributed by atoms with Crippen molar-refractivity contribution in [3.63, 3.8) is 0 Å². The number of aryl methyl sites for hydroxylation is 1. The van der Waals surface area contributed by atoms with Crippen molar-refractivity contribution in [1.82, 2.24) is 29.6 Å². The van der Waals surface area contributed by atoms with Crippen molar-refractivity contribution in [2.45, 2.75) is 58.3 Å². The number of rotatable bonds is 5. The molecule has 4 rings (SSSR count). The maximum atomic E-state index is 14.6. The maximum absolute atomic E-state index is 14.6. The Hall–Kier alpha value is -3.58. The van der Waals surface area contributed by atoms with Gasteiger partial charge >= 0.3 is 0 Å². The number of alkyl halides is 1. The van der Waals surface area contributed by atoms with Crippen molar-refractivity contribution in [3.05, 3.63) is 41.2 Å². The summed E-state index contributed by atoms with van der Waals surface area (Å²) in [4.78, 5) is 14.6. The van der Waals surface area contributed by atoms with Crippen molar-refractivity contribution < 1.29 is 9.18 Å². The van der Waals surface area contributed by atoms with Gasteiger partial charge in [-0.1, -0.05) is 18.9 Å². The Morgan fingerprint density at radius 3 is 2.78 bits per heavy atom. The number of nitrogen functional groups attached to an aromatic ring is 1. The molecule has 1 aliphatic heterocycles. The summed E-state index contributed by atoms with van der Waals surface area (Å²) in [5.74, 6) is 6.83. The Morgan fingerprint density at radius 1 is 1.33 bits per heavy atom. The lowest BCUT2D eigenvalue weighted by atomic mass is 10.0. The minimum Gasteiger partial charge on any atom is -0.383 e. The number of carbonyl (C=O) groups excluding carboxylic acids is 1. The number of likely N-dealkylation sites (tertiary alicyclic amines) is 1. The van der Waals surface area contributed by atoms with Crippen LogP contribution in [0.4, 0.5) is 16.0 Å². The Morgan fingerprint density at radius 2 is 2.11 bits per heavy atom. The molecule has 1 fully saturated rings. The second kappa shape index (κ2) is 10.2. The summed E-state index contributed by atoms with van der Waals surface area (Å²) in [7, 11) is 1.94. The summed E-state index contributed by atoms with van der Waals surface area (Å²) in [6.07, 6.45) is 1.99. The van der Waals surface area contributed by atoms with Gasteiger partial charge in [0.05, 0.1) is 29.8 Å². The summed E-state index contributed by atoms with van der Waals surface area (Å²) >= 11 is 0. The Labute approximate surface area is 211 Å². The number of amides is 1. The summed E-state index contributed by atoms with van der Waals surface area (Å²) in [6.45, 7) is 9.35. The molecule has 3 aromatic rings. The number of carbonyl (C=O) groups is 1. The minimum absolute atomic E-state index is 0.139. The van der Waals surface area contributed by atoms with Crippen LogP contribution in [0.2, 0.25) is 0 Å². The Balaban J connectivity index is 1.49. The monoisotopic (exact) mass is 494 g/mol. The number of hydrogen-bond acceptors (Lipinski definition) is 6. The molecule has 0 radical (unpaired) electrons. The minimum atomic E-state index is -0.951. The van der Waals surface area contributed by atoms with E-state index in [1.165, 1.54) is 6.20 Å². The molecule has 36 heavy (non-hydrogen) atoms. The van der Waals surface area contributed by atoms with Crippen LogP contribution in [-0.2, 0) is 12.0 Å². The lowest BCUT2D eigenvalue weighted by Gasteiger charge is -2.33. The number of nitrogens with two attached hydrogens (primary N) is 1. The molecular formula is C26H35FN8O. The van der Waals surface area contributed by atoms with Crippen LogP contribution in [0.25, 0.3) is 5.52 Å². The molecule has 2 atom stereocenters. The quantitative estimate of drug-likeness (QED) is 0.471.